The molecule has 0 N–H and O–H groups in total. The maximum Gasteiger partial charge on any atom is 0.331 e. The molecular weight excluding hydrogens is 186 g/mol. The summed E-state index contributed by atoms with van der Waals surface area (Å²) < 4.78 is 4.79. The van der Waals surface area contributed by atoms with E-state index in [1.807, 2.05) is 0 Å². The molecule has 1 saturated heterocycles. The van der Waals surface area contributed by atoms with Crippen molar-refractivity contribution in [1.82, 2.24) is 5.06 Å². The Morgan fingerprint density at radius 3 is 3.00 bits per heavy atom. The molecule has 1 unspecified atom stereocenters. The first-order chi connectivity index (χ1) is 6.66. The molecule has 0 bridgehead atoms. The van der Waals surface area contributed by atoms with Gasteiger partial charge in [-0.2, -0.15) is 0 Å². The molecule has 0 radical (unpaired) electrons. The Morgan fingerprint density at radius 2 is 2.43 bits per heavy atom. The fourth-order valence-electron chi connectivity index (χ4n) is 1.25. The van der Waals surface area contributed by atoms with E-state index in [1.54, 1.807) is 13.8 Å². The van der Waals surface area contributed by atoms with E-state index < -0.39 is 12.0 Å². The van der Waals surface area contributed by atoms with Crippen LogP contribution in [0.2, 0.25) is 0 Å². The predicted molar refractivity (Wildman–Crippen MR) is 48.1 cm³/mol. The molecule has 0 aliphatic carbocycles. The molecule has 1 rings (SSSR count). The Balaban J connectivity index is 2.53. The van der Waals surface area contributed by atoms with Crippen LogP contribution in [0.25, 0.3) is 0 Å². The van der Waals surface area contributed by atoms with Gasteiger partial charge in [0.2, 0.25) is 5.91 Å². The van der Waals surface area contributed by atoms with Crippen LogP contribution in [0.3, 0.4) is 0 Å². The first-order valence-corrected chi connectivity index (χ1v) is 4.78. The number of esters is 1. The summed E-state index contributed by atoms with van der Waals surface area (Å²) in [7, 11) is 0. The van der Waals surface area contributed by atoms with Gasteiger partial charge >= 0.3 is 5.97 Å². The summed E-state index contributed by atoms with van der Waals surface area (Å²) in [6.45, 7) is 4.12. The standard InChI is InChI=1S/C9H15NO4/c1-3-13-9(12)7(2)10-8(11)5-4-6-14-10/h7H,3-6H2,1-2H3. The number of hydrogen-bond acceptors (Lipinski definition) is 4. The zero-order valence-electron chi connectivity index (χ0n) is 8.49. The molecule has 0 aromatic heterocycles. The second kappa shape index (κ2) is 4.95. The Morgan fingerprint density at radius 1 is 1.71 bits per heavy atom. The molecule has 80 valence electrons. The maximum atomic E-state index is 11.3. The van der Waals surface area contributed by atoms with E-state index >= 15 is 0 Å². The highest BCUT2D eigenvalue weighted by Gasteiger charge is 2.30. The van der Waals surface area contributed by atoms with Gasteiger partial charge in [-0.25, -0.2) is 9.86 Å². The highest BCUT2D eigenvalue weighted by atomic mass is 16.7. The number of carbonyl (C=O) groups excluding carboxylic acids is 2. The molecule has 5 heteroatoms. The van der Waals surface area contributed by atoms with Gasteiger partial charge in [-0.3, -0.25) is 9.63 Å². The molecule has 0 spiro atoms. The van der Waals surface area contributed by atoms with E-state index in [0.717, 1.165) is 5.06 Å². The average molecular weight is 201 g/mol. The van der Waals surface area contributed by atoms with Crippen LogP contribution in [0.1, 0.15) is 26.7 Å². The van der Waals surface area contributed by atoms with Crippen molar-refractivity contribution in [3.63, 3.8) is 0 Å². The van der Waals surface area contributed by atoms with Crippen LogP contribution in [-0.2, 0) is 19.2 Å². The lowest BCUT2D eigenvalue weighted by Crippen LogP contribution is -2.46. The van der Waals surface area contributed by atoms with E-state index in [0.29, 0.717) is 26.1 Å². The van der Waals surface area contributed by atoms with E-state index in [4.69, 9.17) is 9.57 Å². The van der Waals surface area contributed by atoms with Crippen LogP contribution >= 0.6 is 0 Å². The third-order valence-electron chi connectivity index (χ3n) is 1.99. The van der Waals surface area contributed by atoms with Crippen molar-refractivity contribution >= 4 is 11.9 Å². The maximum absolute atomic E-state index is 11.3. The predicted octanol–water partition coefficient (Wildman–Crippen LogP) is 0.492. The first kappa shape index (κ1) is 11.0. The summed E-state index contributed by atoms with van der Waals surface area (Å²) in [5, 5.41) is 1.11. The van der Waals surface area contributed by atoms with Gasteiger partial charge in [-0.05, 0) is 20.3 Å². The molecule has 0 saturated carbocycles. The minimum Gasteiger partial charge on any atom is -0.464 e. The van der Waals surface area contributed by atoms with Gasteiger partial charge < -0.3 is 4.74 Å². The lowest BCUT2D eigenvalue weighted by molar-refractivity contribution is -0.216. The zero-order valence-corrected chi connectivity index (χ0v) is 8.49. The van der Waals surface area contributed by atoms with Crippen molar-refractivity contribution in [2.45, 2.75) is 32.7 Å². The van der Waals surface area contributed by atoms with Gasteiger partial charge in [0.1, 0.15) is 0 Å². The zero-order chi connectivity index (χ0) is 10.6. The topological polar surface area (TPSA) is 55.8 Å². The number of ether oxygens (including phenoxy) is 1. The Labute approximate surface area is 82.9 Å². The summed E-state index contributed by atoms with van der Waals surface area (Å²) in [6.07, 6.45) is 1.15. The SMILES string of the molecule is CCOC(=O)C(C)N1OCCCC1=O. The van der Waals surface area contributed by atoms with Gasteiger partial charge in [0.15, 0.2) is 6.04 Å². The lowest BCUT2D eigenvalue weighted by Gasteiger charge is -2.29. The molecule has 1 aliphatic rings. The van der Waals surface area contributed by atoms with Gasteiger partial charge in [0.05, 0.1) is 13.2 Å². The molecule has 1 heterocycles. The van der Waals surface area contributed by atoms with Crippen LogP contribution in [0.4, 0.5) is 0 Å². The van der Waals surface area contributed by atoms with E-state index in [-0.39, 0.29) is 5.91 Å². The lowest BCUT2D eigenvalue weighted by atomic mass is 10.2. The number of carbonyl (C=O) groups is 2. The minimum absolute atomic E-state index is 0.156. The van der Waals surface area contributed by atoms with Crippen molar-refractivity contribution in [3.05, 3.63) is 0 Å². The smallest absolute Gasteiger partial charge is 0.331 e. The van der Waals surface area contributed by atoms with Crippen LogP contribution in [-0.4, -0.2) is 36.2 Å². The van der Waals surface area contributed by atoms with Crippen molar-refractivity contribution in [2.24, 2.45) is 0 Å². The Hall–Kier alpha value is -1.10. The molecule has 0 aromatic rings. The van der Waals surface area contributed by atoms with Gasteiger partial charge in [-0.1, -0.05) is 0 Å². The summed E-state index contributed by atoms with van der Waals surface area (Å²) in [4.78, 5) is 27.7. The highest BCUT2D eigenvalue weighted by Crippen LogP contribution is 2.12. The minimum atomic E-state index is -0.650. The normalized spacial score (nSPS) is 19.3. The first-order valence-electron chi connectivity index (χ1n) is 4.78. The van der Waals surface area contributed by atoms with Crippen LogP contribution in [0.5, 0.6) is 0 Å². The quantitative estimate of drug-likeness (QED) is 0.624. The van der Waals surface area contributed by atoms with Crippen molar-refractivity contribution < 1.29 is 19.2 Å². The largest absolute Gasteiger partial charge is 0.464 e. The Bertz CT molecular complexity index is 229. The van der Waals surface area contributed by atoms with E-state index in [2.05, 4.69) is 0 Å². The summed E-state index contributed by atoms with van der Waals surface area (Å²) in [5.41, 5.74) is 0. The highest BCUT2D eigenvalue weighted by molar-refractivity contribution is 5.83. The van der Waals surface area contributed by atoms with E-state index in [1.165, 1.54) is 0 Å². The van der Waals surface area contributed by atoms with Gasteiger partial charge in [-0.15, -0.1) is 0 Å². The molecule has 5 nitrogen and oxygen atoms in total. The van der Waals surface area contributed by atoms with Crippen LogP contribution < -0.4 is 0 Å². The molecule has 0 aromatic carbocycles. The molecule has 1 fully saturated rings. The fraction of sp³-hybridized carbons (Fsp3) is 0.778. The molecule has 1 aliphatic heterocycles. The molecule has 14 heavy (non-hydrogen) atoms. The third kappa shape index (κ3) is 2.45. The second-order valence-electron chi connectivity index (χ2n) is 3.08. The molecular formula is C9H15NO4. The van der Waals surface area contributed by atoms with Crippen molar-refractivity contribution in [2.75, 3.05) is 13.2 Å². The number of amides is 1. The second-order valence-corrected chi connectivity index (χ2v) is 3.08. The van der Waals surface area contributed by atoms with Crippen molar-refractivity contribution in [3.8, 4) is 0 Å². The van der Waals surface area contributed by atoms with E-state index in [9.17, 15) is 9.59 Å². The summed E-state index contributed by atoms with van der Waals surface area (Å²) >= 11 is 0. The third-order valence-corrected chi connectivity index (χ3v) is 1.99. The fourth-order valence-corrected chi connectivity index (χ4v) is 1.25. The number of nitrogens with zero attached hydrogens (tertiary/aromatic N) is 1. The van der Waals surface area contributed by atoms with Crippen molar-refractivity contribution in [1.29, 1.82) is 0 Å². The van der Waals surface area contributed by atoms with Gasteiger partial charge in [0, 0.05) is 6.42 Å². The number of hydrogen-bond donors (Lipinski definition) is 0. The monoisotopic (exact) mass is 201 g/mol. The van der Waals surface area contributed by atoms with Gasteiger partial charge in [0.25, 0.3) is 0 Å². The number of hydroxylamine groups is 2. The molecule has 1 amide bonds. The molecule has 1 atom stereocenters. The summed E-state index contributed by atoms with van der Waals surface area (Å²) in [6, 6.07) is -0.650. The Kier molecular flexibility index (Phi) is 3.88. The average Bonchev–Trinajstić information content (AvgIpc) is 2.18. The summed E-state index contributed by atoms with van der Waals surface area (Å²) in [5.74, 6) is -0.584. The van der Waals surface area contributed by atoms with Crippen LogP contribution in [0, 0.1) is 0 Å². The van der Waals surface area contributed by atoms with Crippen LogP contribution in [0.15, 0.2) is 0 Å². The number of rotatable bonds is 3.